The number of likely N-dealkylation sites (tertiary alicyclic amines) is 1. The predicted octanol–water partition coefficient (Wildman–Crippen LogP) is 3.79. The Kier molecular flexibility index (Phi) is 5.93. The van der Waals surface area contributed by atoms with Gasteiger partial charge in [0, 0.05) is 31.5 Å². The quantitative estimate of drug-likeness (QED) is 0.791. The number of piperidine rings is 1. The van der Waals surface area contributed by atoms with Crippen molar-refractivity contribution in [2.45, 2.75) is 64.8 Å². The first-order valence-corrected chi connectivity index (χ1v) is 11.1. The summed E-state index contributed by atoms with van der Waals surface area (Å²) in [4.78, 5) is 26.5. The van der Waals surface area contributed by atoms with E-state index in [1.54, 1.807) is 0 Å². The van der Waals surface area contributed by atoms with Gasteiger partial charge in [-0.3, -0.25) is 9.59 Å². The molecule has 2 amide bonds. The highest BCUT2D eigenvalue weighted by Gasteiger charge is 2.36. The van der Waals surface area contributed by atoms with Crippen LogP contribution in [-0.2, 0) is 16.0 Å². The Labute approximate surface area is 178 Å². The molecule has 160 valence electrons. The maximum Gasteiger partial charge on any atom is 0.222 e. The third kappa shape index (κ3) is 4.58. The summed E-state index contributed by atoms with van der Waals surface area (Å²) >= 11 is 0. The SMILES string of the molecule is CC1(C)Cc2c(cnn2-c2ccccc2)[C@H](NC(=O)CCCN2CCCCC2=O)C1. The highest BCUT2D eigenvalue weighted by Crippen LogP contribution is 2.41. The second kappa shape index (κ2) is 8.62. The van der Waals surface area contributed by atoms with Crippen molar-refractivity contribution in [3.05, 3.63) is 47.8 Å². The highest BCUT2D eigenvalue weighted by atomic mass is 16.2. The minimum atomic E-state index is -0.0228. The van der Waals surface area contributed by atoms with Crippen molar-refractivity contribution in [1.82, 2.24) is 20.0 Å². The molecular formula is C24H32N4O2. The molecule has 0 radical (unpaired) electrons. The van der Waals surface area contributed by atoms with Crippen LogP contribution in [-0.4, -0.2) is 39.6 Å². The molecule has 1 aliphatic heterocycles. The molecule has 1 fully saturated rings. The first-order chi connectivity index (χ1) is 14.4. The zero-order valence-electron chi connectivity index (χ0n) is 18.1. The van der Waals surface area contributed by atoms with Gasteiger partial charge in [0.1, 0.15) is 0 Å². The lowest BCUT2D eigenvalue weighted by Crippen LogP contribution is -2.38. The second-order valence-corrected chi connectivity index (χ2v) is 9.40. The Hall–Kier alpha value is -2.63. The number of aromatic nitrogens is 2. The van der Waals surface area contributed by atoms with Gasteiger partial charge in [-0.1, -0.05) is 32.0 Å². The molecule has 1 aromatic carbocycles. The normalized spacial score (nSPS) is 20.7. The van der Waals surface area contributed by atoms with E-state index in [1.807, 2.05) is 34.0 Å². The predicted molar refractivity (Wildman–Crippen MR) is 116 cm³/mol. The number of rotatable bonds is 6. The standard InChI is InChI=1S/C24H32N4O2/c1-24(2)15-20(26-22(29)11-8-14-27-13-7-6-12-23(27)30)19-17-25-28(21(19)16-24)18-9-4-3-5-10-18/h3-5,9-10,17,20H,6-8,11-16H2,1-2H3,(H,26,29)/t20-/m1/s1. The molecule has 1 atom stereocenters. The average Bonchev–Trinajstić information content (AvgIpc) is 3.13. The van der Waals surface area contributed by atoms with Crippen molar-refractivity contribution in [1.29, 1.82) is 0 Å². The van der Waals surface area contributed by atoms with E-state index >= 15 is 0 Å². The summed E-state index contributed by atoms with van der Waals surface area (Å²) in [6.45, 7) is 6.01. The van der Waals surface area contributed by atoms with Crippen LogP contribution >= 0.6 is 0 Å². The molecule has 2 aliphatic rings. The lowest BCUT2D eigenvalue weighted by Gasteiger charge is -2.36. The third-order valence-electron chi connectivity index (χ3n) is 6.27. The maximum absolute atomic E-state index is 12.7. The molecule has 0 bridgehead atoms. The molecule has 4 rings (SSSR count). The monoisotopic (exact) mass is 408 g/mol. The van der Waals surface area contributed by atoms with Crippen LogP contribution in [0.25, 0.3) is 5.69 Å². The van der Waals surface area contributed by atoms with Crippen molar-refractivity contribution >= 4 is 11.8 Å². The van der Waals surface area contributed by atoms with E-state index in [4.69, 9.17) is 0 Å². The van der Waals surface area contributed by atoms with Crippen LogP contribution in [0.3, 0.4) is 0 Å². The van der Waals surface area contributed by atoms with Gasteiger partial charge >= 0.3 is 0 Å². The Balaban J connectivity index is 1.41. The van der Waals surface area contributed by atoms with Crippen LogP contribution in [0.5, 0.6) is 0 Å². The zero-order chi connectivity index (χ0) is 21.1. The van der Waals surface area contributed by atoms with Crippen LogP contribution < -0.4 is 5.32 Å². The van der Waals surface area contributed by atoms with E-state index in [9.17, 15) is 9.59 Å². The van der Waals surface area contributed by atoms with Gasteiger partial charge in [-0.15, -0.1) is 0 Å². The number of carbonyl (C=O) groups excluding carboxylic acids is 2. The molecule has 0 unspecified atom stereocenters. The summed E-state index contributed by atoms with van der Waals surface area (Å²) in [6.07, 6.45) is 7.62. The summed E-state index contributed by atoms with van der Waals surface area (Å²) in [7, 11) is 0. The summed E-state index contributed by atoms with van der Waals surface area (Å²) in [5, 5.41) is 7.89. The molecule has 1 aliphatic carbocycles. The Morgan fingerprint density at radius 2 is 2.03 bits per heavy atom. The van der Waals surface area contributed by atoms with Crippen molar-refractivity contribution in [3.8, 4) is 5.69 Å². The van der Waals surface area contributed by atoms with Gasteiger partial charge in [0.2, 0.25) is 11.8 Å². The van der Waals surface area contributed by atoms with Gasteiger partial charge in [-0.2, -0.15) is 5.10 Å². The first-order valence-electron chi connectivity index (χ1n) is 11.1. The molecule has 1 N–H and O–H groups in total. The van der Waals surface area contributed by atoms with Crippen LogP contribution in [0.15, 0.2) is 36.5 Å². The number of para-hydroxylation sites is 1. The third-order valence-corrected chi connectivity index (χ3v) is 6.27. The van der Waals surface area contributed by atoms with Crippen molar-refractivity contribution in [3.63, 3.8) is 0 Å². The molecule has 2 heterocycles. The van der Waals surface area contributed by atoms with Gasteiger partial charge in [-0.05, 0) is 49.7 Å². The number of nitrogens with one attached hydrogen (secondary N) is 1. The van der Waals surface area contributed by atoms with Gasteiger partial charge in [0.05, 0.1) is 23.6 Å². The molecule has 6 nitrogen and oxygen atoms in total. The van der Waals surface area contributed by atoms with Gasteiger partial charge in [0.25, 0.3) is 0 Å². The molecule has 2 aromatic rings. The summed E-state index contributed by atoms with van der Waals surface area (Å²) in [5.74, 6) is 0.286. The Morgan fingerprint density at radius 1 is 1.23 bits per heavy atom. The van der Waals surface area contributed by atoms with Crippen molar-refractivity contribution < 1.29 is 9.59 Å². The van der Waals surface area contributed by atoms with E-state index in [0.717, 1.165) is 43.5 Å². The number of nitrogens with zero attached hydrogens (tertiary/aromatic N) is 3. The molecule has 1 saturated heterocycles. The first kappa shape index (κ1) is 20.6. The zero-order valence-corrected chi connectivity index (χ0v) is 18.1. The van der Waals surface area contributed by atoms with Gasteiger partial charge < -0.3 is 10.2 Å². The van der Waals surface area contributed by atoms with Gasteiger partial charge in [-0.25, -0.2) is 4.68 Å². The fourth-order valence-electron chi connectivity index (χ4n) is 4.76. The van der Waals surface area contributed by atoms with E-state index in [2.05, 4.69) is 36.4 Å². The minimum Gasteiger partial charge on any atom is -0.349 e. The summed E-state index contributed by atoms with van der Waals surface area (Å²) in [6, 6.07) is 10.1. The van der Waals surface area contributed by atoms with Crippen LogP contribution in [0, 0.1) is 5.41 Å². The highest BCUT2D eigenvalue weighted by molar-refractivity contribution is 5.78. The van der Waals surface area contributed by atoms with Crippen LogP contribution in [0.2, 0.25) is 0 Å². The van der Waals surface area contributed by atoms with Gasteiger partial charge in [0.15, 0.2) is 0 Å². The molecule has 0 saturated carbocycles. The molecule has 0 spiro atoms. The van der Waals surface area contributed by atoms with Crippen LogP contribution in [0.1, 0.15) is 69.7 Å². The Bertz CT molecular complexity index is 903. The Morgan fingerprint density at radius 3 is 2.80 bits per heavy atom. The smallest absolute Gasteiger partial charge is 0.222 e. The van der Waals surface area contributed by atoms with E-state index in [1.165, 1.54) is 5.69 Å². The summed E-state index contributed by atoms with van der Waals surface area (Å²) in [5.41, 5.74) is 3.43. The molecule has 6 heteroatoms. The number of hydrogen-bond donors (Lipinski definition) is 1. The van der Waals surface area contributed by atoms with E-state index in [-0.39, 0.29) is 23.3 Å². The second-order valence-electron chi connectivity index (χ2n) is 9.40. The minimum absolute atomic E-state index is 0.0228. The number of amides is 2. The summed E-state index contributed by atoms with van der Waals surface area (Å²) < 4.78 is 2.01. The lowest BCUT2D eigenvalue weighted by atomic mass is 9.74. The fraction of sp³-hybridized carbons (Fsp3) is 0.542. The average molecular weight is 409 g/mol. The molecular weight excluding hydrogens is 376 g/mol. The van der Waals surface area contributed by atoms with Crippen molar-refractivity contribution in [2.24, 2.45) is 5.41 Å². The largest absolute Gasteiger partial charge is 0.349 e. The maximum atomic E-state index is 12.7. The number of benzene rings is 1. The number of fused-ring (bicyclic) bond motifs is 1. The van der Waals surface area contributed by atoms with Crippen LogP contribution in [0.4, 0.5) is 0 Å². The van der Waals surface area contributed by atoms with E-state index < -0.39 is 0 Å². The van der Waals surface area contributed by atoms with Crippen molar-refractivity contribution in [2.75, 3.05) is 13.1 Å². The topological polar surface area (TPSA) is 67.2 Å². The number of carbonyl (C=O) groups is 2. The van der Waals surface area contributed by atoms with E-state index in [0.29, 0.717) is 25.8 Å². The lowest BCUT2D eigenvalue weighted by molar-refractivity contribution is -0.133. The number of hydrogen-bond acceptors (Lipinski definition) is 3. The molecule has 30 heavy (non-hydrogen) atoms. The fourth-order valence-corrected chi connectivity index (χ4v) is 4.76. The molecule has 1 aromatic heterocycles.